The molecule has 2 fully saturated rings. The molecule has 2 heteroatoms. The molecule has 0 unspecified atom stereocenters. The van der Waals surface area contributed by atoms with Gasteiger partial charge in [-0.3, -0.25) is 0 Å². The first-order chi connectivity index (χ1) is 6.74. The van der Waals surface area contributed by atoms with Gasteiger partial charge in [0.15, 0.2) is 0 Å². The van der Waals surface area contributed by atoms with Crippen molar-refractivity contribution in [2.45, 2.75) is 58.2 Å². The molecule has 88 valence electrons. The van der Waals surface area contributed by atoms with Crippen molar-refractivity contribution >= 4 is 0 Å². The van der Waals surface area contributed by atoms with Crippen LogP contribution < -0.4 is 0 Å². The van der Waals surface area contributed by atoms with Crippen molar-refractivity contribution in [3.8, 4) is 0 Å². The zero-order valence-corrected chi connectivity index (χ0v) is 10.3. The third kappa shape index (κ3) is 1.72. The lowest BCUT2D eigenvalue weighted by molar-refractivity contribution is -0.174. The smallest absolute Gasteiger partial charge is 0.0653 e. The molecule has 6 atom stereocenters. The molecule has 2 aliphatic rings. The molecule has 2 saturated carbocycles. The van der Waals surface area contributed by atoms with Gasteiger partial charge in [-0.05, 0) is 56.8 Å². The van der Waals surface area contributed by atoms with Gasteiger partial charge in [-0.2, -0.15) is 0 Å². The van der Waals surface area contributed by atoms with Gasteiger partial charge in [0.2, 0.25) is 0 Å². The van der Waals surface area contributed by atoms with Crippen LogP contribution in [-0.2, 0) is 0 Å². The minimum absolute atomic E-state index is 0.374. The Balaban J connectivity index is 2.28. The van der Waals surface area contributed by atoms with E-state index >= 15 is 0 Å². The van der Waals surface area contributed by atoms with Gasteiger partial charge in [0.1, 0.15) is 0 Å². The fraction of sp³-hybridized carbons (Fsp3) is 1.00. The van der Waals surface area contributed by atoms with E-state index in [9.17, 15) is 10.2 Å². The van der Waals surface area contributed by atoms with E-state index in [1.807, 2.05) is 13.8 Å². The molecule has 0 aliphatic heterocycles. The van der Waals surface area contributed by atoms with Crippen molar-refractivity contribution in [1.29, 1.82) is 0 Å². The van der Waals surface area contributed by atoms with E-state index in [1.54, 1.807) is 0 Å². The van der Waals surface area contributed by atoms with Gasteiger partial charge >= 0.3 is 0 Å². The maximum Gasteiger partial charge on any atom is 0.0653 e. The second-order valence-electron chi connectivity index (χ2n) is 6.53. The quantitative estimate of drug-likeness (QED) is 0.646. The van der Waals surface area contributed by atoms with Crippen LogP contribution in [0.3, 0.4) is 0 Å². The van der Waals surface area contributed by atoms with Crippen molar-refractivity contribution < 1.29 is 10.2 Å². The molecular weight excluding hydrogens is 188 g/mol. The Hall–Kier alpha value is -0.0800. The predicted molar refractivity (Wildman–Crippen MR) is 60.4 cm³/mol. The van der Waals surface area contributed by atoms with Crippen LogP contribution in [0.15, 0.2) is 0 Å². The first kappa shape index (κ1) is 11.4. The number of aliphatic hydroxyl groups is 2. The van der Waals surface area contributed by atoms with Crippen LogP contribution in [0.2, 0.25) is 0 Å². The maximum absolute atomic E-state index is 10.4. The average molecular weight is 212 g/mol. The van der Waals surface area contributed by atoms with Gasteiger partial charge in [0.25, 0.3) is 0 Å². The fourth-order valence-electron chi connectivity index (χ4n) is 4.36. The highest BCUT2D eigenvalue weighted by molar-refractivity contribution is 5.04. The number of fused-ring (bicyclic) bond motifs is 2. The summed E-state index contributed by atoms with van der Waals surface area (Å²) in [6, 6.07) is 0. The molecule has 0 aromatic carbocycles. The van der Waals surface area contributed by atoms with Gasteiger partial charge in [0, 0.05) is 0 Å². The third-order valence-electron chi connectivity index (χ3n) is 4.95. The maximum atomic E-state index is 10.4. The second kappa shape index (κ2) is 3.21. The van der Waals surface area contributed by atoms with E-state index in [0.29, 0.717) is 23.7 Å². The third-order valence-corrected chi connectivity index (χ3v) is 4.95. The lowest BCUT2D eigenvalue weighted by Gasteiger charge is -2.56. The number of hydrogen-bond donors (Lipinski definition) is 2. The summed E-state index contributed by atoms with van der Waals surface area (Å²) in [5.41, 5.74) is -1.04. The molecule has 0 amide bonds. The van der Waals surface area contributed by atoms with Crippen molar-refractivity contribution in [1.82, 2.24) is 0 Å². The monoisotopic (exact) mass is 212 g/mol. The fourth-order valence-corrected chi connectivity index (χ4v) is 4.36. The summed E-state index contributed by atoms with van der Waals surface area (Å²) in [6.07, 6.45) is 2.66. The van der Waals surface area contributed by atoms with Gasteiger partial charge in [0.05, 0.1) is 11.2 Å². The average Bonchev–Trinajstić information content (AvgIpc) is 1.98. The summed E-state index contributed by atoms with van der Waals surface area (Å²) in [6.45, 7) is 8.28. The lowest BCUT2D eigenvalue weighted by atomic mass is 9.53. The minimum atomic E-state index is -0.522. The highest BCUT2D eigenvalue weighted by Gasteiger charge is 2.53. The van der Waals surface area contributed by atoms with E-state index in [1.165, 1.54) is 0 Å². The highest BCUT2D eigenvalue weighted by atomic mass is 16.3. The molecule has 2 rings (SSSR count). The van der Waals surface area contributed by atoms with Crippen molar-refractivity contribution in [3.63, 3.8) is 0 Å². The van der Waals surface area contributed by atoms with Gasteiger partial charge in [-0.25, -0.2) is 0 Å². The van der Waals surface area contributed by atoms with E-state index < -0.39 is 11.2 Å². The van der Waals surface area contributed by atoms with Crippen molar-refractivity contribution in [3.05, 3.63) is 0 Å². The molecule has 2 nitrogen and oxygen atoms in total. The summed E-state index contributed by atoms with van der Waals surface area (Å²) in [5, 5.41) is 20.8. The first-order valence-electron chi connectivity index (χ1n) is 6.19. The molecular formula is C13H24O2. The van der Waals surface area contributed by atoms with Crippen molar-refractivity contribution in [2.75, 3.05) is 0 Å². The largest absolute Gasteiger partial charge is 0.390 e. The topological polar surface area (TPSA) is 40.5 Å². The molecule has 0 aromatic rings. The Morgan fingerprint density at radius 3 is 1.53 bits per heavy atom. The van der Waals surface area contributed by atoms with Crippen LogP contribution in [0, 0.1) is 23.7 Å². The summed E-state index contributed by atoms with van der Waals surface area (Å²) >= 11 is 0. The van der Waals surface area contributed by atoms with E-state index in [-0.39, 0.29) is 0 Å². The zero-order chi connectivity index (χ0) is 11.4. The van der Waals surface area contributed by atoms with Crippen LogP contribution in [-0.4, -0.2) is 21.4 Å². The molecule has 2 N–H and O–H groups in total. The Morgan fingerprint density at radius 2 is 1.20 bits per heavy atom. The molecule has 0 spiro atoms. The summed E-state index contributed by atoms with van der Waals surface area (Å²) in [7, 11) is 0. The van der Waals surface area contributed by atoms with Gasteiger partial charge in [-0.15, -0.1) is 0 Å². The summed E-state index contributed by atoms with van der Waals surface area (Å²) in [5.74, 6) is 1.61. The van der Waals surface area contributed by atoms with Crippen LogP contribution in [0.5, 0.6) is 0 Å². The standard InChI is InChI=1S/C13H24O2/c1-8-6-12(3,14)11-5-10(8)13(4,15)7-9(11)2/h8-11,14-15H,5-7H2,1-4H3/t8-,9-,10+,11+,12+,13+/m0/s1. The lowest BCUT2D eigenvalue weighted by Crippen LogP contribution is -2.57. The molecule has 0 aromatic heterocycles. The Labute approximate surface area is 92.7 Å². The first-order valence-corrected chi connectivity index (χ1v) is 6.19. The van der Waals surface area contributed by atoms with Crippen LogP contribution in [0.25, 0.3) is 0 Å². The zero-order valence-electron chi connectivity index (χ0n) is 10.3. The number of rotatable bonds is 0. The molecule has 0 heterocycles. The van der Waals surface area contributed by atoms with E-state index in [4.69, 9.17) is 0 Å². The van der Waals surface area contributed by atoms with Crippen LogP contribution >= 0.6 is 0 Å². The highest BCUT2D eigenvalue weighted by Crippen LogP contribution is 2.53. The van der Waals surface area contributed by atoms with Gasteiger partial charge < -0.3 is 10.2 Å². The van der Waals surface area contributed by atoms with E-state index in [0.717, 1.165) is 19.3 Å². The molecule has 0 saturated heterocycles. The summed E-state index contributed by atoms with van der Waals surface area (Å²) < 4.78 is 0. The Morgan fingerprint density at radius 1 is 0.867 bits per heavy atom. The van der Waals surface area contributed by atoms with Crippen LogP contribution in [0.1, 0.15) is 47.0 Å². The number of hydrogen-bond acceptors (Lipinski definition) is 2. The minimum Gasteiger partial charge on any atom is -0.390 e. The molecule has 0 radical (unpaired) electrons. The molecule has 2 bridgehead atoms. The molecule has 15 heavy (non-hydrogen) atoms. The predicted octanol–water partition coefficient (Wildman–Crippen LogP) is 2.19. The normalized spacial score (nSPS) is 60.4. The second-order valence-corrected chi connectivity index (χ2v) is 6.53. The Bertz CT molecular complexity index is 231. The molecule has 2 aliphatic carbocycles. The van der Waals surface area contributed by atoms with E-state index in [2.05, 4.69) is 13.8 Å². The van der Waals surface area contributed by atoms with Crippen molar-refractivity contribution in [2.24, 2.45) is 23.7 Å². The Kier molecular flexibility index (Phi) is 2.44. The van der Waals surface area contributed by atoms with Gasteiger partial charge in [-0.1, -0.05) is 13.8 Å². The van der Waals surface area contributed by atoms with Crippen LogP contribution in [0.4, 0.5) is 0 Å². The SMILES string of the molecule is C[C@H]1C[C@@](C)(O)[C@@H]2C[C@H]1[C@](C)(O)C[C@@H]2C. The summed E-state index contributed by atoms with van der Waals surface area (Å²) in [4.78, 5) is 0.